The Kier molecular flexibility index (Phi) is 4.51. The SMILES string of the molecule is CCN(C)C(=O)CNC(=O)c1ccc(N)cc1. The number of hydrogen-bond acceptors (Lipinski definition) is 3. The molecule has 5 nitrogen and oxygen atoms in total. The van der Waals surface area contributed by atoms with Gasteiger partial charge >= 0.3 is 0 Å². The van der Waals surface area contributed by atoms with Crippen LogP contribution in [0.15, 0.2) is 24.3 Å². The van der Waals surface area contributed by atoms with E-state index in [9.17, 15) is 9.59 Å². The van der Waals surface area contributed by atoms with Crippen LogP contribution >= 0.6 is 0 Å². The van der Waals surface area contributed by atoms with Crippen LogP contribution in [0.5, 0.6) is 0 Å². The van der Waals surface area contributed by atoms with E-state index in [2.05, 4.69) is 5.32 Å². The van der Waals surface area contributed by atoms with Gasteiger partial charge in [-0.05, 0) is 31.2 Å². The van der Waals surface area contributed by atoms with E-state index in [1.54, 1.807) is 36.2 Å². The van der Waals surface area contributed by atoms with E-state index in [1.807, 2.05) is 6.92 Å². The minimum Gasteiger partial charge on any atom is -0.399 e. The number of amides is 2. The smallest absolute Gasteiger partial charge is 0.251 e. The maximum absolute atomic E-state index is 11.6. The monoisotopic (exact) mass is 235 g/mol. The van der Waals surface area contributed by atoms with Crippen molar-refractivity contribution < 1.29 is 9.59 Å². The fraction of sp³-hybridized carbons (Fsp3) is 0.333. The molecule has 0 aliphatic heterocycles. The highest BCUT2D eigenvalue weighted by Gasteiger charge is 2.09. The molecule has 1 aromatic carbocycles. The number of nitrogens with one attached hydrogen (secondary N) is 1. The number of nitrogens with two attached hydrogens (primary N) is 1. The molecule has 0 spiro atoms. The first-order valence-corrected chi connectivity index (χ1v) is 5.42. The van der Waals surface area contributed by atoms with Gasteiger partial charge in [-0.3, -0.25) is 9.59 Å². The molecular weight excluding hydrogens is 218 g/mol. The molecule has 1 rings (SSSR count). The summed E-state index contributed by atoms with van der Waals surface area (Å²) in [6.45, 7) is 2.50. The van der Waals surface area contributed by atoms with Crippen LogP contribution in [-0.2, 0) is 4.79 Å². The van der Waals surface area contributed by atoms with Crippen molar-refractivity contribution in [3.63, 3.8) is 0 Å². The third-order valence-electron chi connectivity index (χ3n) is 2.47. The summed E-state index contributed by atoms with van der Waals surface area (Å²) in [5.74, 6) is -0.390. The Morgan fingerprint density at radius 3 is 2.41 bits per heavy atom. The summed E-state index contributed by atoms with van der Waals surface area (Å²) in [7, 11) is 1.69. The van der Waals surface area contributed by atoms with Crippen LogP contribution < -0.4 is 11.1 Å². The van der Waals surface area contributed by atoms with Crippen molar-refractivity contribution in [3.8, 4) is 0 Å². The summed E-state index contributed by atoms with van der Waals surface area (Å²) in [5, 5.41) is 2.56. The number of anilines is 1. The van der Waals surface area contributed by atoms with E-state index in [-0.39, 0.29) is 18.4 Å². The predicted molar refractivity (Wildman–Crippen MR) is 66.5 cm³/mol. The minimum atomic E-state index is -0.275. The van der Waals surface area contributed by atoms with E-state index >= 15 is 0 Å². The fourth-order valence-electron chi connectivity index (χ4n) is 1.20. The highest BCUT2D eigenvalue weighted by Crippen LogP contribution is 2.04. The van der Waals surface area contributed by atoms with Crippen molar-refractivity contribution >= 4 is 17.5 Å². The standard InChI is InChI=1S/C12H17N3O2/c1-3-15(2)11(16)8-14-12(17)9-4-6-10(13)7-5-9/h4-7H,3,8,13H2,1-2H3,(H,14,17). The topological polar surface area (TPSA) is 75.4 Å². The quantitative estimate of drug-likeness (QED) is 0.745. The summed E-state index contributed by atoms with van der Waals surface area (Å²) < 4.78 is 0. The first-order chi connectivity index (χ1) is 8.04. The number of carbonyl (C=O) groups is 2. The number of nitrogen functional groups attached to an aromatic ring is 1. The molecule has 0 aromatic heterocycles. The highest BCUT2D eigenvalue weighted by atomic mass is 16.2. The number of nitrogens with zero attached hydrogens (tertiary/aromatic N) is 1. The van der Waals surface area contributed by atoms with E-state index in [1.165, 1.54) is 0 Å². The summed E-state index contributed by atoms with van der Waals surface area (Å²) in [4.78, 5) is 24.6. The molecule has 0 heterocycles. The number of carbonyl (C=O) groups excluding carboxylic acids is 2. The van der Waals surface area contributed by atoms with Crippen LogP contribution in [0.1, 0.15) is 17.3 Å². The van der Waals surface area contributed by atoms with Crippen LogP contribution in [0.3, 0.4) is 0 Å². The third kappa shape index (κ3) is 3.79. The van der Waals surface area contributed by atoms with Crippen molar-refractivity contribution in [1.82, 2.24) is 10.2 Å². The summed E-state index contributed by atoms with van der Waals surface area (Å²) >= 11 is 0. The summed E-state index contributed by atoms with van der Waals surface area (Å²) in [6, 6.07) is 6.54. The molecule has 0 unspecified atom stereocenters. The van der Waals surface area contributed by atoms with Gasteiger partial charge in [0, 0.05) is 24.8 Å². The van der Waals surface area contributed by atoms with E-state index in [4.69, 9.17) is 5.73 Å². The number of likely N-dealkylation sites (N-methyl/N-ethyl adjacent to an activating group) is 1. The maximum atomic E-state index is 11.6. The zero-order valence-electron chi connectivity index (χ0n) is 10.1. The summed E-state index contributed by atoms with van der Waals surface area (Å²) in [6.07, 6.45) is 0. The number of benzene rings is 1. The zero-order valence-corrected chi connectivity index (χ0v) is 10.1. The molecule has 3 N–H and O–H groups in total. The molecule has 0 saturated heterocycles. The van der Waals surface area contributed by atoms with E-state index < -0.39 is 0 Å². The Balaban J connectivity index is 2.50. The number of hydrogen-bond donors (Lipinski definition) is 2. The van der Waals surface area contributed by atoms with Gasteiger partial charge in [0.05, 0.1) is 6.54 Å². The molecule has 17 heavy (non-hydrogen) atoms. The van der Waals surface area contributed by atoms with Crippen LogP contribution in [0.25, 0.3) is 0 Å². The Hall–Kier alpha value is -2.04. The Bertz CT molecular complexity index is 401. The van der Waals surface area contributed by atoms with Crippen LogP contribution in [0, 0.1) is 0 Å². The third-order valence-corrected chi connectivity index (χ3v) is 2.47. The van der Waals surface area contributed by atoms with Gasteiger partial charge in [-0.2, -0.15) is 0 Å². The lowest BCUT2D eigenvalue weighted by Crippen LogP contribution is -2.37. The Morgan fingerprint density at radius 2 is 1.88 bits per heavy atom. The van der Waals surface area contributed by atoms with Gasteiger partial charge in [0.1, 0.15) is 0 Å². The second-order valence-corrected chi connectivity index (χ2v) is 3.71. The molecule has 0 fully saturated rings. The van der Waals surface area contributed by atoms with Crippen LogP contribution in [-0.4, -0.2) is 36.9 Å². The van der Waals surface area contributed by atoms with Crippen molar-refractivity contribution in [2.24, 2.45) is 0 Å². The predicted octanol–water partition coefficient (Wildman–Crippen LogP) is 0.477. The molecule has 1 aromatic rings. The molecule has 2 amide bonds. The van der Waals surface area contributed by atoms with Crippen molar-refractivity contribution in [2.45, 2.75) is 6.92 Å². The number of rotatable bonds is 4. The molecule has 92 valence electrons. The van der Waals surface area contributed by atoms with Crippen LogP contribution in [0.4, 0.5) is 5.69 Å². The lowest BCUT2D eigenvalue weighted by molar-refractivity contribution is -0.128. The van der Waals surface area contributed by atoms with Crippen molar-refractivity contribution in [1.29, 1.82) is 0 Å². The maximum Gasteiger partial charge on any atom is 0.251 e. The zero-order chi connectivity index (χ0) is 12.8. The van der Waals surface area contributed by atoms with E-state index in [0.29, 0.717) is 17.8 Å². The molecule has 0 atom stereocenters. The molecule has 0 aliphatic rings. The minimum absolute atomic E-state index is 0.00749. The average Bonchev–Trinajstić information content (AvgIpc) is 2.35. The van der Waals surface area contributed by atoms with E-state index in [0.717, 1.165) is 0 Å². The van der Waals surface area contributed by atoms with Gasteiger partial charge in [-0.25, -0.2) is 0 Å². The Labute approximate surface area is 101 Å². The molecule has 0 aliphatic carbocycles. The molecule has 0 radical (unpaired) electrons. The second-order valence-electron chi connectivity index (χ2n) is 3.71. The van der Waals surface area contributed by atoms with Crippen molar-refractivity contribution in [3.05, 3.63) is 29.8 Å². The molecule has 0 saturated carbocycles. The lowest BCUT2D eigenvalue weighted by atomic mass is 10.2. The molecule has 5 heteroatoms. The van der Waals surface area contributed by atoms with Gasteiger partial charge in [0.2, 0.25) is 5.91 Å². The average molecular weight is 235 g/mol. The van der Waals surface area contributed by atoms with Gasteiger partial charge < -0.3 is 16.0 Å². The van der Waals surface area contributed by atoms with Gasteiger partial charge in [-0.15, -0.1) is 0 Å². The largest absolute Gasteiger partial charge is 0.399 e. The van der Waals surface area contributed by atoms with Gasteiger partial charge in [0.25, 0.3) is 5.91 Å². The highest BCUT2D eigenvalue weighted by molar-refractivity contribution is 5.96. The summed E-state index contributed by atoms with van der Waals surface area (Å²) in [5.41, 5.74) is 6.61. The fourth-order valence-corrected chi connectivity index (χ4v) is 1.20. The first kappa shape index (κ1) is 13.0. The van der Waals surface area contributed by atoms with Gasteiger partial charge in [-0.1, -0.05) is 0 Å². The molecule has 0 bridgehead atoms. The van der Waals surface area contributed by atoms with Gasteiger partial charge in [0.15, 0.2) is 0 Å². The normalized spacial score (nSPS) is 9.76. The lowest BCUT2D eigenvalue weighted by Gasteiger charge is -2.14. The Morgan fingerprint density at radius 1 is 1.29 bits per heavy atom. The van der Waals surface area contributed by atoms with Crippen LogP contribution in [0.2, 0.25) is 0 Å². The first-order valence-electron chi connectivity index (χ1n) is 5.42. The second kappa shape index (κ2) is 5.89. The molecular formula is C12H17N3O2. The van der Waals surface area contributed by atoms with Crippen molar-refractivity contribution in [2.75, 3.05) is 25.9 Å².